The number of hydrogen-bond acceptors (Lipinski definition) is 2. The summed E-state index contributed by atoms with van der Waals surface area (Å²) in [7, 11) is 0. The highest BCUT2D eigenvalue weighted by Crippen LogP contribution is 2.33. The Morgan fingerprint density at radius 3 is 2.08 bits per heavy atom. The molecule has 3 rings (SSSR count). The van der Waals surface area contributed by atoms with Gasteiger partial charge < -0.3 is 15.6 Å². The minimum atomic E-state index is -0.398. The van der Waals surface area contributed by atoms with Gasteiger partial charge in [0.2, 0.25) is 0 Å². The van der Waals surface area contributed by atoms with Crippen molar-refractivity contribution in [3.8, 4) is 11.3 Å². The van der Waals surface area contributed by atoms with E-state index in [0.717, 1.165) is 11.3 Å². The molecule has 0 unspecified atom stereocenters. The molecule has 126 valence electrons. The number of aromatic nitrogens is 1. The minimum absolute atomic E-state index is 0.106. The fourth-order valence-corrected chi connectivity index (χ4v) is 2.81. The van der Waals surface area contributed by atoms with Gasteiger partial charge in [0.15, 0.2) is 5.78 Å². The number of hydrogen-bond donors (Lipinski definition) is 3. The van der Waals surface area contributed by atoms with Crippen LogP contribution < -0.4 is 10.6 Å². The van der Waals surface area contributed by atoms with Crippen molar-refractivity contribution in [1.82, 2.24) is 4.98 Å². The SMILES string of the molecule is CC(=O)c1c(C)[nH]c(-c2ccccc2)c1NC(=O)Nc1ccccc1. The summed E-state index contributed by atoms with van der Waals surface area (Å²) < 4.78 is 0. The Labute approximate surface area is 146 Å². The number of carbonyl (C=O) groups is 2. The Balaban J connectivity index is 1.96. The van der Waals surface area contributed by atoms with Crippen LogP contribution in [0.3, 0.4) is 0 Å². The van der Waals surface area contributed by atoms with E-state index in [9.17, 15) is 9.59 Å². The highest BCUT2D eigenvalue weighted by molar-refractivity contribution is 6.10. The van der Waals surface area contributed by atoms with Gasteiger partial charge in [-0.1, -0.05) is 48.5 Å². The predicted octanol–water partition coefficient (Wildman–Crippen LogP) is 4.84. The molecule has 0 aliphatic rings. The number of urea groups is 1. The standard InChI is InChI=1S/C20H19N3O2/c1-13-17(14(2)24)19(18(21-13)15-9-5-3-6-10-15)23-20(25)22-16-11-7-4-8-12-16/h3-12,21H,1-2H3,(H2,22,23,25). The van der Waals surface area contributed by atoms with Crippen LogP contribution in [0.4, 0.5) is 16.2 Å². The molecule has 0 spiro atoms. The molecule has 2 amide bonds. The van der Waals surface area contributed by atoms with E-state index in [2.05, 4.69) is 15.6 Å². The molecule has 0 radical (unpaired) electrons. The highest BCUT2D eigenvalue weighted by atomic mass is 16.2. The summed E-state index contributed by atoms with van der Waals surface area (Å²) in [4.78, 5) is 27.7. The van der Waals surface area contributed by atoms with Gasteiger partial charge in [-0.15, -0.1) is 0 Å². The molecular formula is C20H19N3O2. The van der Waals surface area contributed by atoms with E-state index in [-0.39, 0.29) is 5.78 Å². The average molecular weight is 333 g/mol. The van der Waals surface area contributed by atoms with Crippen molar-refractivity contribution < 1.29 is 9.59 Å². The number of Topliss-reactive ketones (excluding diaryl/α,β-unsaturated/α-hetero) is 1. The highest BCUT2D eigenvalue weighted by Gasteiger charge is 2.21. The van der Waals surface area contributed by atoms with Crippen molar-refractivity contribution in [2.24, 2.45) is 0 Å². The maximum absolute atomic E-state index is 12.4. The van der Waals surface area contributed by atoms with Crippen LogP contribution in [0.15, 0.2) is 60.7 Å². The first-order chi connectivity index (χ1) is 12.1. The molecule has 1 heterocycles. The third-order valence-electron chi connectivity index (χ3n) is 3.87. The molecule has 5 nitrogen and oxygen atoms in total. The number of rotatable bonds is 4. The number of carbonyl (C=O) groups excluding carboxylic acids is 2. The summed E-state index contributed by atoms with van der Waals surface area (Å²) in [6.45, 7) is 3.31. The molecule has 0 bridgehead atoms. The molecule has 0 atom stereocenters. The monoisotopic (exact) mass is 333 g/mol. The zero-order valence-electron chi connectivity index (χ0n) is 14.1. The lowest BCUT2D eigenvalue weighted by atomic mass is 10.1. The molecule has 0 fully saturated rings. The summed E-state index contributed by atoms with van der Waals surface area (Å²) in [5.74, 6) is -0.106. The van der Waals surface area contributed by atoms with Crippen molar-refractivity contribution in [1.29, 1.82) is 0 Å². The molecule has 3 N–H and O–H groups in total. The number of anilines is 2. The number of ketones is 1. The van der Waals surface area contributed by atoms with Gasteiger partial charge in [0, 0.05) is 16.9 Å². The molecule has 0 saturated carbocycles. The number of H-pyrrole nitrogens is 1. The second-order valence-electron chi connectivity index (χ2n) is 5.74. The van der Waals surface area contributed by atoms with Crippen LogP contribution in [0.25, 0.3) is 11.3 Å². The quantitative estimate of drug-likeness (QED) is 0.598. The Bertz CT molecular complexity index is 899. The largest absolute Gasteiger partial charge is 0.356 e. The van der Waals surface area contributed by atoms with Crippen LogP contribution in [-0.4, -0.2) is 16.8 Å². The summed E-state index contributed by atoms with van der Waals surface area (Å²) in [5, 5.41) is 5.60. The first kappa shape index (κ1) is 16.5. The van der Waals surface area contributed by atoms with Crippen LogP contribution in [0, 0.1) is 6.92 Å². The third kappa shape index (κ3) is 3.61. The summed E-state index contributed by atoms with van der Waals surface area (Å²) >= 11 is 0. The van der Waals surface area contributed by atoms with Crippen LogP contribution >= 0.6 is 0 Å². The average Bonchev–Trinajstić information content (AvgIpc) is 2.92. The number of amides is 2. The molecule has 25 heavy (non-hydrogen) atoms. The van der Waals surface area contributed by atoms with Crippen molar-refractivity contribution >= 4 is 23.2 Å². The Hall–Kier alpha value is -3.34. The maximum Gasteiger partial charge on any atom is 0.323 e. The van der Waals surface area contributed by atoms with Gasteiger partial charge in [-0.2, -0.15) is 0 Å². The van der Waals surface area contributed by atoms with Gasteiger partial charge >= 0.3 is 6.03 Å². The number of nitrogens with one attached hydrogen (secondary N) is 3. The van der Waals surface area contributed by atoms with E-state index >= 15 is 0 Å². The maximum atomic E-state index is 12.4. The van der Waals surface area contributed by atoms with E-state index in [1.807, 2.05) is 55.5 Å². The molecular weight excluding hydrogens is 314 g/mol. The van der Waals surface area contributed by atoms with Crippen LogP contribution in [0.5, 0.6) is 0 Å². The molecule has 2 aromatic carbocycles. The fraction of sp³-hybridized carbons (Fsp3) is 0.100. The molecule has 0 saturated heterocycles. The fourth-order valence-electron chi connectivity index (χ4n) is 2.81. The third-order valence-corrected chi connectivity index (χ3v) is 3.87. The molecule has 5 heteroatoms. The smallest absolute Gasteiger partial charge is 0.323 e. The lowest BCUT2D eigenvalue weighted by Gasteiger charge is -2.10. The van der Waals surface area contributed by atoms with Crippen molar-refractivity contribution in [2.45, 2.75) is 13.8 Å². The summed E-state index contributed by atoms with van der Waals surface area (Å²) in [5.41, 5.74) is 3.99. The van der Waals surface area contributed by atoms with E-state index in [1.165, 1.54) is 6.92 Å². The van der Waals surface area contributed by atoms with Gasteiger partial charge in [0.05, 0.1) is 16.9 Å². The predicted molar refractivity (Wildman–Crippen MR) is 100 cm³/mol. The minimum Gasteiger partial charge on any atom is -0.356 e. The number of aromatic amines is 1. The molecule has 0 aliphatic heterocycles. The zero-order valence-corrected chi connectivity index (χ0v) is 14.1. The van der Waals surface area contributed by atoms with Crippen molar-refractivity contribution in [3.63, 3.8) is 0 Å². The van der Waals surface area contributed by atoms with E-state index in [1.54, 1.807) is 12.1 Å². The second kappa shape index (κ2) is 7.05. The van der Waals surface area contributed by atoms with Crippen molar-refractivity contribution in [2.75, 3.05) is 10.6 Å². The topological polar surface area (TPSA) is 74.0 Å². The Kier molecular flexibility index (Phi) is 4.66. The number of para-hydroxylation sites is 1. The second-order valence-corrected chi connectivity index (χ2v) is 5.74. The van der Waals surface area contributed by atoms with Crippen LogP contribution in [0.1, 0.15) is 23.0 Å². The first-order valence-electron chi connectivity index (χ1n) is 7.98. The van der Waals surface area contributed by atoms with Crippen LogP contribution in [0.2, 0.25) is 0 Å². The molecule has 1 aromatic heterocycles. The van der Waals surface area contributed by atoms with E-state index in [0.29, 0.717) is 22.6 Å². The van der Waals surface area contributed by atoms with Gasteiger partial charge in [-0.05, 0) is 26.0 Å². The normalized spacial score (nSPS) is 10.3. The Morgan fingerprint density at radius 2 is 1.48 bits per heavy atom. The van der Waals surface area contributed by atoms with Gasteiger partial charge in [-0.25, -0.2) is 4.79 Å². The van der Waals surface area contributed by atoms with E-state index in [4.69, 9.17) is 0 Å². The number of aryl methyl sites for hydroxylation is 1. The Morgan fingerprint density at radius 1 is 0.880 bits per heavy atom. The first-order valence-corrected chi connectivity index (χ1v) is 7.98. The number of benzene rings is 2. The van der Waals surface area contributed by atoms with Crippen molar-refractivity contribution in [3.05, 3.63) is 71.9 Å². The zero-order chi connectivity index (χ0) is 17.8. The molecule has 3 aromatic rings. The summed E-state index contributed by atoms with van der Waals surface area (Å²) in [6, 6.07) is 18.3. The summed E-state index contributed by atoms with van der Waals surface area (Å²) in [6.07, 6.45) is 0. The van der Waals surface area contributed by atoms with Gasteiger partial charge in [-0.3, -0.25) is 4.79 Å². The van der Waals surface area contributed by atoms with Gasteiger partial charge in [0.25, 0.3) is 0 Å². The lowest BCUT2D eigenvalue weighted by Crippen LogP contribution is -2.20. The van der Waals surface area contributed by atoms with E-state index < -0.39 is 6.03 Å². The van der Waals surface area contributed by atoms with Gasteiger partial charge in [0.1, 0.15) is 0 Å². The molecule has 0 aliphatic carbocycles. The lowest BCUT2D eigenvalue weighted by molar-refractivity contribution is 0.101. The van der Waals surface area contributed by atoms with Crippen LogP contribution in [-0.2, 0) is 0 Å².